The summed E-state index contributed by atoms with van der Waals surface area (Å²) < 4.78 is 135. The molecule has 268 valence electrons. The fraction of sp³-hybridized carbons (Fsp3) is 0.294. The van der Waals surface area contributed by atoms with E-state index in [0.29, 0.717) is 34.9 Å². The number of cyclic esters (lactones) is 1. The van der Waals surface area contributed by atoms with E-state index in [-0.39, 0.29) is 47.2 Å². The van der Waals surface area contributed by atoms with Crippen LogP contribution in [-0.4, -0.2) is 44.7 Å². The first kappa shape index (κ1) is 35.5. The number of carboxylic acids is 1. The lowest BCUT2D eigenvalue weighted by Crippen LogP contribution is -2.36. The van der Waals surface area contributed by atoms with E-state index in [1.165, 1.54) is 37.6 Å². The van der Waals surface area contributed by atoms with Crippen molar-refractivity contribution in [3.05, 3.63) is 100.0 Å². The van der Waals surface area contributed by atoms with Crippen molar-refractivity contribution in [1.82, 2.24) is 14.9 Å². The molecule has 51 heavy (non-hydrogen) atoms. The van der Waals surface area contributed by atoms with E-state index in [1.54, 1.807) is 6.92 Å². The van der Waals surface area contributed by atoms with Gasteiger partial charge in [-0.05, 0) is 78.9 Å². The maximum absolute atomic E-state index is 13.9. The van der Waals surface area contributed by atoms with Gasteiger partial charge in [0.25, 0.3) is 0 Å². The van der Waals surface area contributed by atoms with E-state index in [2.05, 4.69) is 9.97 Å². The van der Waals surface area contributed by atoms with E-state index in [0.717, 1.165) is 11.0 Å². The third-order valence-electron chi connectivity index (χ3n) is 8.83. The molecule has 4 aromatic rings. The molecule has 2 aromatic heterocycles. The van der Waals surface area contributed by atoms with E-state index < -0.39 is 71.2 Å². The van der Waals surface area contributed by atoms with Crippen LogP contribution >= 0.6 is 0 Å². The molecule has 1 saturated heterocycles. The van der Waals surface area contributed by atoms with Gasteiger partial charge in [0.1, 0.15) is 5.69 Å². The van der Waals surface area contributed by atoms with E-state index in [4.69, 9.17) is 9.47 Å². The fourth-order valence-corrected chi connectivity index (χ4v) is 6.24. The first-order chi connectivity index (χ1) is 23.7. The SMILES string of the molecule is COc1ncc(-c2ccc(C(=O)O)cc2C)cc1-c1ccc(C(F)(F)F)nc1CN1C(=O)O[C@H](c2cc(C(F)(F)F)cc(C(F)(F)F)c2)C12CC2. The second-order valence-electron chi connectivity index (χ2n) is 12.1. The molecule has 1 aliphatic heterocycles. The minimum absolute atomic E-state index is 0.0109. The number of rotatable bonds is 7. The number of amides is 1. The molecule has 2 aliphatic rings. The number of aromatic nitrogens is 2. The molecule has 2 fully saturated rings. The van der Waals surface area contributed by atoms with Crippen LogP contribution in [0.3, 0.4) is 0 Å². The number of methoxy groups -OCH3 is 1. The highest BCUT2D eigenvalue weighted by Crippen LogP contribution is 2.58. The summed E-state index contributed by atoms with van der Waals surface area (Å²) in [5.74, 6) is -1.23. The number of aryl methyl sites for hydroxylation is 1. The Kier molecular flexibility index (Phi) is 8.46. The zero-order chi connectivity index (χ0) is 37.3. The molecule has 1 spiro atoms. The van der Waals surface area contributed by atoms with Gasteiger partial charge in [-0.3, -0.25) is 4.90 Å². The second-order valence-corrected chi connectivity index (χ2v) is 12.1. The molecule has 1 N–H and O–H groups in total. The third-order valence-corrected chi connectivity index (χ3v) is 8.83. The summed E-state index contributed by atoms with van der Waals surface area (Å²) >= 11 is 0. The average molecular weight is 726 g/mol. The maximum atomic E-state index is 13.9. The number of benzene rings is 2. The quantitative estimate of drug-likeness (QED) is 0.190. The largest absolute Gasteiger partial charge is 0.481 e. The van der Waals surface area contributed by atoms with Gasteiger partial charge in [0, 0.05) is 22.9 Å². The lowest BCUT2D eigenvalue weighted by atomic mass is 9.94. The van der Waals surface area contributed by atoms with Gasteiger partial charge in [-0.2, -0.15) is 39.5 Å². The summed E-state index contributed by atoms with van der Waals surface area (Å²) in [6.07, 6.45) is -16.6. The van der Waals surface area contributed by atoms with Crippen molar-refractivity contribution in [2.45, 2.75) is 56.5 Å². The Morgan fingerprint density at radius 2 is 1.53 bits per heavy atom. The zero-order valence-electron chi connectivity index (χ0n) is 26.3. The summed E-state index contributed by atoms with van der Waals surface area (Å²) in [6, 6.07) is 8.43. The van der Waals surface area contributed by atoms with Crippen molar-refractivity contribution < 1.29 is 63.7 Å². The summed E-state index contributed by atoms with van der Waals surface area (Å²) in [4.78, 5) is 33.8. The van der Waals surface area contributed by atoms with Crippen molar-refractivity contribution in [1.29, 1.82) is 0 Å². The summed E-state index contributed by atoms with van der Waals surface area (Å²) in [5.41, 5.74) is -5.37. The highest BCUT2D eigenvalue weighted by molar-refractivity contribution is 5.89. The van der Waals surface area contributed by atoms with E-state index >= 15 is 0 Å². The Labute approximate surface area is 282 Å². The number of hydrogen-bond acceptors (Lipinski definition) is 6. The second kappa shape index (κ2) is 12.2. The number of carbonyl (C=O) groups excluding carboxylic acids is 1. The van der Waals surface area contributed by atoms with Crippen LogP contribution < -0.4 is 4.74 Å². The van der Waals surface area contributed by atoms with Crippen molar-refractivity contribution in [3.8, 4) is 28.1 Å². The normalized spacial score (nSPS) is 17.1. The number of nitrogens with zero attached hydrogens (tertiary/aromatic N) is 3. The molecule has 0 unspecified atom stereocenters. The van der Waals surface area contributed by atoms with Gasteiger partial charge in [0.15, 0.2) is 6.10 Å². The number of carbonyl (C=O) groups is 2. The van der Waals surface area contributed by atoms with Crippen LogP contribution in [0.2, 0.25) is 0 Å². The molecule has 6 rings (SSSR count). The lowest BCUT2D eigenvalue weighted by Gasteiger charge is -2.26. The van der Waals surface area contributed by atoms with Crippen LogP contribution in [0.25, 0.3) is 22.3 Å². The van der Waals surface area contributed by atoms with Crippen LogP contribution in [-0.2, 0) is 29.8 Å². The number of pyridine rings is 2. The topological polar surface area (TPSA) is 102 Å². The number of aromatic carboxylic acids is 1. The van der Waals surface area contributed by atoms with Crippen molar-refractivity contribution in [3.63, 3.8) is 0 Å². The van der Waals surface area contributed by atoms with Crippen LogP contribution in [0.4, 0.5) is 44.3 Å². The number of ether oxygens (including phenoxy) is 2. The molecule has 1 atom stereocenters. The number of hydrogen-bond donors (Lipinski definition) is 1. The van der Waals surface area contributed by atoms with Gasteiger partial charge in [-0.15, -0.1) is 0 Å². The Bertz CT molecular complexity index is 2020. The standard InChI is InChI=1S/C34H24F9N3O5/c1-16-9-17(29(47)48)3-4-22(16)19-12-24(28(50-2)44-14-19)23-5-6-26(34(41,42)43)45-25(23)15-46-30(49)51-27(31(46)7-8-31)18-10-20(32(35,36)37)13-21(11-18)33(38,39)40/h3-6,9-14,27H,7-8,15H2,1-2H3,(H,47,48)/t27-/m1/s1. The third kappa shape index (κ3) is 6.63. The molecule has 8 nitrogen and oxygen atoms in total. The minimum atomic E-state index is -5.18. The van der Waals surface area contributed by atoms with Gasteiger partial charge in [0.05, 0.1) is 41.6 Å². The first-order valence-electron chi connectivity index (χ1n) is 15.0. The van der Waals surface area contributed by atoms with E-state index in [9.17, 15) is 54.2 Å². The molecule has 0 bridgehead atoms. The minimum Gasteiger partial charge on any atom is -0.481 e. The molecular formula is C34H24F9N3O5. The van der Waals surface area contributed by atoms with Gasteiger partial charge in [0.2, 0.25) is 5.88 Å². The van der Waals surface area contributed by atoms with E-state index in [1.807, 2.05) is 0 Å². The van der Waals surface area contributed by atoms with Crippen LogP contribution in [0.15, 0.2) is 60.8 Å². The summed E-state index contributed by atoms with van der Waals surface area (Å²) in [6.45, 7) is 0.961. The number of carboxylic acid groups (broad SMARTS) is 1. The van der Waals surface area contributed by atoms with Gasteiger partial charge < -0.3 is 14.6 Å². The summed E-state index contributed by atoms with van der Waals surface area (Å²) in [5, 5.41) is 9.35. The molecule has 2 aromatic carbocycles. The monoisotopic (exact) mass is 725 g/mol. The van der Waals surface area contributed by atoms with Gasteiger partial charge >= 0.3 is 30.6 Å². The number of alkyl halides is 9. The Balaban J connectivity index is 1.45. The molecule has 1 saturated carbocycles. The fourth-order valence-electron chi connectivity index (χ4n) is 6.24. The first-order valence-corrected chi connectivity index (χ1v) is 15.0. The summed E-state index contributed by atoms with van der Waals surface area (Å²) in [7, 11) is 1.25. The molecule has 17 heteroatoms. The average Bonchev–Trinajstić information content (AvgIpc) is 3.80. The zero-order valence-corrected chi connectivity index (χ0v) is 26.3. The Morgan fingerprint density at radius 1 is 0.902 bits per heavy atom. The highest BCUT2D eigenvalue weighted by atomic mass is 19.4. The van der Waals surface area contributed by atoms with Crippen molar-refractivity contribution >= 4 is 12.1 Å². The highest BCUT2D eigenvalue weighted by Gasteiger charge is 2.64. The Hall–Kier alpha value is -5.35. The molecular weight excluding hydrogens is 701 g/mol. The van der Waals surface area contributed by atoms with Crippen molar-refractivity contribution in [2.24, 2.45) is 0 Å². The molecule has 1 aliphatic carbocycles. The van der Waals surface area contributed by atoms with Gasteiger partial charge in [-0.25, -0.2) is 19.6 Å². The smallest absolute Gasteiger partial charge is 0.433 e. The van der Waals surface area contributed by atoms with Crippen LogP contribution in [0, 0.1) is 6.92 Å². The maximum Gasteiger partial charge on any atom is 0.433 e. The number of halogens is 9. The van der Waals surface area contributed by atoms with Crippen molar-refractivity contribution in [2.75, 3.05) is 7.11 Å². The lowest BCUT2D eigenvalue weighted by molar-refractivity contribution is -0.143. The molecule has 0 radical (unpaired) electrons. The van der Waals surface area contributed by atoms with Crippen LogP contribution in [0.1, 0.15) is 62.9 Å². The Morgan fingerprint density at radius 3 is 2.06 bits per heavy atom. The molecule has 1 amide bonds. The predicted octanol–water partition coefficient (Wildman–Crippen LogP) is 9.11. The molecule has 3 heterocycles. The van der Waals surface area contributed by atoms with Gasteiger partial charge in [-0.1, -0.05) is 12.1 Å². The predicted molar refractivity (Wildman–Crippen MR) is 159 cm³/mol. The van der Waals surface area contributed by atoms with Crippen LogP contribution in [0.5, 0.6) is 5.88 Å².